The highest BCUT2D eigenvalue weighted by atomic mass is 35.5. The zero-order valence-corrected chi connectivity index (χ0v) is 12.9. The first-order chi connectivity index (χ1) is 10.1. The number of hydrogen-bond donors (Lipinski definition) is 1. The summed E-state index contributed by atoms with van der Waals surface area (Å²) in [5.41, 5.74) is 1.88. The second kappa shape index (κ2) is 5.56. The summed E-state index contributed by atoms with van der Waals surface area (Å²) >= 11 is 6.27. The van der Waals surface area contributed by atoms with Gasteiger partial charge in [-0.05, 0) is 25.5 Å². The fourth-order valence-electron chi connectivity index (χ4n) is 2.78. The molecule has 2 heterocycles. The molecule has 1 saturated heterocycles. The van der Waals surface area contributed by atoms with Crippen LogP contribution in [0.1, 0.15) is 31.0 Å². The fraction of sp³-hybridized carbons (Fsp3) is 0.467. The van der Waals surface area contributed by atoms with E-state index >= 15 is 0 Å². The minimum Gasteiger partial charge on any atom is -0.497 e. The predicted octanol–water partition coefficient (Wildman–Crippen LogP) is 2.62. The number of halogens is 1. The van der Waals surface area contributed by atoms with Gasteiger partial charge >= 0.3 is 0 Å². The van der Waals surface area contributed by atoms with Gasteiger partial charge in [0.15, 0.2) is 0 Å². The second-order valence-electron chi connectivity index (χ2n) is 5.35. The summed E-state index contributed by atoms with van der Waals surface area (Å²) in [5.74, 6) is 1.72. The number of methoxy groups -OCH3 is 1. The Morgan fingerprint density at radius 2 is 2.38 bits per heavy atom. The van der Waals surface area contributed by atoms with E-state index in [1.165, 1.54) is 0 Å². The molecule has 3 rings (SSSR count). The number of benzene rings is 1. The van der Waals surface area contributed by atoms with Crippen LogP contribution in [0.5, 0.6) is 5.75 Å². The molecule has 1 aromatic heterocycles. The lowest BCUT2D eigenvalue weighted by Crippen LogP contribution is -2.30. The third-order valence-corrected chi connectivity index (χ3v) is 4.02. The number of imidazole rings is 1. The van der Waals surface area contributed by atoms with Crippen LogP contribution in [-0.2, 0) is 11.3 Å². The maximum Gasteiger partial charge on any atom is 0.220 e. The van der Waals surface area contributed by atoms with E-state index in [4.69, 9.17) is 16.3 Å². The summed E-state index contributed by atoms with van der Waals surface area (Å²) < 4.78 is 7.38. The molecule has 21 heavy (non-hydrogen) atoms. The molecule has 1 aromatic carbocycles. The zero-order valence-electron chi connectivity index (χ0n) is 12.1. The molecule has 1 N–H and O–H groups in total. The summed E-state index contributed by atoms with van der Waals surface area (Å²) in [7, 11) is 1.64. The number of carbonyl (C=O) groups excluding carboxylic acids is 1. The first-order valence-corrected chi connectivity index (χ1v) is 7.49. The monoisotopic (exact) mass is 307 g/mol. The molecule has 2 aromatic rings. The molecule has 0 spiro atoms. The van der Waals surface area contributed by atoms with Crippen LogP contribution >= 0.6 is 11.6 Å². The van der Waals surface area contributed by atoms with Gasteiger partial charge in [0, 0.05) is 25.1 Å². The Hall–Kier alpha value is -1.75. The van der Waals surface area contributed by atoms with Gasteiger partial charge in [-0.2, -0.15) is 0 Å². The maximum absolute atomic E-state index is 11.4. The molecule has 0 saturated carbocycles. The minimum atomic E-state index is -0.194. The Morgan fingerprint density at radius 3 is 3.00 bits per heavy atom. The van der Waals surface area contributed by atoms with Crippen LogP contribution in [0.25, 0.3) is 11.0 Å². The molecule has 0 bridgehead atoms. The molecule has 6 heteroatoms. The van der Waals surface area contributed by atoms with Crippen LogP contribution in [0.3, 0.4) is 0 Å². The molecule has 0 radical (unpaired) electrons. The summed E-state index contributed by atoms with van der Waals surface area (Å²) in [5, 5.41) is 2.80. The molecule has 1 aliphatic heterocycles. The Kier molecular flexibility index (Phi) is 3.76. The lowest BCUT2D eigenvalue weighted by Gasteiger charge is -2.15. The van der Waals surface area contributed by atoms with Gasteiger partial charge < -0.3 is 14.6 Å². The highest BCUT2D eigenvalue weighted by Crippen LogP contribution is 2.28. The number of rotatable bonds is 4. The standard InChI is InChI=1S/C15H18ClN3O2/c1-9(16)15-18-12-5-4-11(21-2)7-13(12)19(15)8-10-3-6-14(20)17-10/h4-5,7,9-10H,3,6,8H2,1-2H3,(H,17,20). The van der Waals surface area contributed by atoms with E-state index in [2.05, 4.69) is 14.9 Å². The van der Waals surface area contributed by atoms with Crippen LogP contribution in [0.4, 0.5) is 0 Å². The highest BCUT2D eigenvalue weighted by Gasteiger charge is 2.24. The molecular weight excluding hydrogens is 290 g/mol. The van der Waals surface area contributed by atoms with Crippen molar-refractivity contribution in [1.29, 1.82) is 0 Å². The number of fused-ring (bicyclic) bond motifs is 1. The molecule has 112 valence electrons. The minimum absolute atomic E-state index is 0.113. The topological polar surface area (TPSA) is 56.2 Å². The van der Waals surface area contributed by atoms with Gasteiger partial charge in [0.1, 0.15) is 11.6 Å². The number of nitrogens with zero attached hydrogens (tertiary/aromatic N) is 2. The van der Waals surface area contributed by atoms with Crippen molar-refractivity contribution in [2.45, 2.75) is 37.7 Å². The van der Waals surface area contributed by atoms with E-state index in [1.807, 2.05) is 25.1 Å². The SMILES string of the molecule is COc1ccc2nc(C(C)Cl)n(CC3CCC(=O)N3)c2c1. The van der Waals surface area contributed by atoms with Crippen molar-refractivity contribution < 1.29 is 9.53 Å². The molecule has 5 nitrogen and oxygen atoms in total. The number of ether oxygens (including phenoxy) is 1. The van der Waals surface area contributed by atoms with Gasteiger partial charge in [0.2, 0.25) is 5.91 Å². The number of nitrogens with one attached hydrogen (secondary N) is 1. The molecule has 1 amide bonds. The van der Waals surface area contributed by atoms with E-state index in [1.54, 1.807) is 7.11 Å². The highest BCUT2D eigenvalue weighted by molar-refractivity contribution is 6.20. The van der Waals surface area contributed by atoms with Gasteiger partial charge in [-0.3, -0.25) is 4.79 Å². The Bertz CT molecular complexity index is 681. The first-order valence-electron chi connectivity index (χ1n) is 7.06. The zero-order chi connectivity index (χ0) is 15.0. The second-order valence-corrected chi connectivity index (χ2v) is 6.01. The van der Waals surface area contributed by atoms with Crippen LogP contribution in [0.15, 0.2) is 18.2 Å². The van der Waals surface area contributed by atoms with Crippen molar-refractivity contribution in [3.8, 4) is 5.75 Å². The van der Waals surface area contributed by atoms with Crippen molar-refractivity contribution in [2.75, 3.05) is 7.11 Å². The van der Waals surface area contributed by atoms with Crippen molar-refractivity contribution in [3.05, 3.63) is 24.0 Å². The van der Waals surface area contributed by atoms with E-state index in [-0.39, 0.29) is 17.3 Å². The number of aromatic nitrogens is 2. The van der Waals surface area contributed by atoms with Crippen LogP contribution in [0, 0.1) is 0 Å². The normalized spacial score (nSPS) is 19.8. The summed E-state index contributed by atoms with van der Waals surface area (Å²) in [6, 6.07) is 5.91. The largest absolute Gasteiger partial charge is 0.497 e. The molecule has 1 fully saturated rings. The molecule has 0 aliphatic carbocycles. The average molecular weight is 308 g/mol. The van der Waals surface area contributed by atoms with Crippen molar-refractivity contribution in [2.24, 2.45) is 0 Å². The van der Waals surface area contributed by atoms with E-state index < -0.39 is 0 Å². The van der Waals surface area contributed by atoms with Gasteiger partial charge in [0.05, 0.1) is 23.5 Å². The lowest BCUT2D eigenvalue weighted by atomic mass is 10.2. The lowest BCUT2D eigenvalue weighted by molar-refractivity contribution is -0.119. The van der Waals surface area contributed by atoms with Crippen LogP contribution < -0.4 is 10.1 Å². The Labute approximate surface area is 128 Å². The number of alkyl halides is 1. The number of amides is 1. The summed E-state index contributed by atoms with van der Waals surface area (Å²) in [6.07, 6.45) is 1.44. The smallest absolute Gasteiger partial charge is 0.220 e. The Balaban J connectivity index is 2.03. The quantitative estimate of drug-likeness (QED) is 0.883. The van der Waals surface area contributed by atoms with Crippen molar-refractivity contribution in [3.63, 3.8) is 0 Å². The third-order valence-electron chi connectivity index (χ3n) is 3.83. The van der Waals surface area contributed by atoms with E-state index in [0.29, 0.717) is 13.0 Å². The van der Waals surface area contributed by atoms with Gasteiger partial charge in [-0.25, -0.2) is 4.98 Å². The van der Waals surface area contributed by atoms with Crippen LogP contribution in [0.2, 0.25) is 0 Å². The molecule has 2 unspecified atom stereocenters. The average Bonchev–Trinajstić information content (AvgIpc) is 3.03. The van der Waals surface area contributed by atoms with Gasteiger partial charge in [-0.15, -0.1) is 11.6 Å². The number of hydrogen-bond acceptors (Lipinski definition) is 3. The first kappa shape index (κ1) is 14.2. The van der Waals surface area contributed by atoms with Crippen LogP contribution in [-0.4, -0.2) is 28.6 Å². The summed E-state index contributed by atoms with van der Waals surface area (Å²) in [6.45, 7) is 2.59. The van der Waals surface area contributed by atoms with E-state index in [0.717, 1.165) is 29.0 Å². The fourth-order valence-corrected chi connectivity index (χ4v) is 2.94. The van der Waals surface area contributed by atoms with Gasteiger partial charge in [0.25, 0.3) is 0 Å². The molecular formula is C15H18ClN3O2. The third kappa shape index (κ3) is 2.70. The predicted molar refractivity (Wildman–Crippen MR) is 81.7 cm³/mol. The Morgan fingerprint density at radius 1 is 1.57 bits per heavy atom. The summed E-state index contributed by atoms with van der Waals surface area (Å²) in [4.78, 5) is 16.0. The van der Waals surface area contributed by atoms with Crippen molar-refractivity contribution >= 4 is 28.5 Å². The van der Waals surface area contributed by atoms with Crippen molar-refractivity contribution in [1.82, 2.24) is 14.9 Å². The van der Waals surface area contributed by atoms with Gasteiger partial charge in [-0.1, -0.05) is 0 Å². The molecule has 1 aliphatic rings. The van der Waals surface area contributed by atoms with E-state index in [9.17, 15) is 4.79 Å². The molecule has 2 atom stereocenters. The number of carbonyl (C=O) groups is 1. The maximum atomic E-state index is 11.4.